The van der Waals surface area contributed by atoms with Crippen LogP contribution in [-0.4, -0.2) is 44.3 Å². The second kappa shape index (κ2) is 5.71. The molecule has 0 saturated carbocycles. The lowest BCUT2D eigenvalue weighted by Gasteiger charge is -1.99. The SMILES string of the molecule is CCOC(=O)OC(=O)Cc1nc(-c2cn[nH]n2)no1. The van der Waals surface area contributed by atoms with Crippen LogP contribution >= 0.6 is 0 Å². The molecule has 0 saturated heterocycles. The number of aromatic amines is 1. The van der Waals surface area contributed by atoms with Gasteiger partial charge in [0, 0.05) is 0 Å². The van der Waals surface area contributed by atoms with Gasteiger partial charge in [-0.05, 0) is 6.92 Å². The van der Waals surface area contributed by atoms with Crippen LogP contribution in [0.3, 0.4) is 0 Å². The van der Waals surface area contributed by atoms with Gasteiger partial charge < -0.3 is 14.0 Å². The third-order valence-electron chi connectivity index (χ3n) is 1.87. The topological polar surface area (TPSA) is 133 Å². The van der Waals surface area contributed by atoms with Crippen molar-refractivity contribution in [2.75, 3.05) is 6.61 Å². The highest BCUT2D eigenvalue weighted by molar-refractivity contribution is 5.82. The van der Waals surface area contributed by atoms with Crippen LogP contribution < -0.4 is 0 Å². The number of H-pyrrole nitrogens is 1. The molecule has 0 aliphatic heterocycles. The molecule has 2 aromatic heterocycles. The molecule has 0 aromatic carbocycles. The highest BCUT2D eigenvalue weighted by atomic mass is 16.7. The summed E-state index contributed by atoms with van der Waals surface area (Å²) >= 11 is 0. The van der Waals surface area contributed by atoms with Crippen LogP contribution in [0.4, 0.5) is 4.79 Å². The Morgan fingerprint density at radius 3 is 3.00 bits per heavy atom. The fourth-order valence-corrected chi connectivity index (χ4v) is 1.14. The molecule has 10 heteroatoms. The summed E-state index contributed by atoms with van der Waals surface area (Å²) in [7, 11) is 0. The first-order chi connectivity index (χ1) is 9.19. The number of aromatic nitrogens is 5. The molecule has 0 atom stereocenters. The predicted octanol–water partition coefficient (Wildman–Crippen LogP) is 0.0969. The molecular formula is C9H9N5O5. The fourth-order valence-electron chi connectivity index (χ4n) is 1.14. The van der Waals surface area contributed by atoms with Gasteiger partial charge in [-0.1, -0.05) is 5.16 Å². The minimum absolute atomic E-state index is 0.00713. The average molecular weight is 267 g/mol. The summed E-state index contributed by atoms with van der Waals surface area (Å²) in [5.74, 6) is -0.686. The zero-order valence-corrected chi connectivity index (χ0v) is 9.82. The van der Waals surface area contributed by atoms with Crippen molar-refractivity contribution in [1.29, 1.82) is 0 Å². The van der Waals surface area contributed by atoms with Crippen LogP contribution in [0, 0.1) is 0 Å². The van der Waals surface area contributed by atoms with Crippen LogP contribution in [0.15, 0.2) is 10.7 Å². The molecule has 2 rings (SSSR count). The number of carbonyl (C=O) groups excluding carboxylic acids is 2. The van der Waals surface area contributed by atoms with E-state index in [0.717, 1.165) is 0 Å². The van der Waals surface area contributed by atoms with Crippen molar-refractivity contribution in [1.82, 2.24) is 25.6 Å². The molecule has 0 bridgehead atoms. The normalized spacial score (nSPS) is 10.2. The van der Waals surface area contributed by atoms with Crippen LogP contribution in [0.25, 0.3) is 11.5 Å². The molecule has 0 amide bonds. The van der Waals surface area contributed by atoms with Gasteiger partial charge in [0.1, 0.15) is 6.42 Å². The lowest BCUT2D eigenvalue weighted by atomic mass is 10.4. The van der Waals surface area contributed by atoms with Crippen LogP contribution in [0.1, 0.15) is 12.8 Å². The van der Waals surface area contributed by atoms with Gasteiger partial charge in [0.05, 0.1) is 12.8 Å². The quantitative estimate of drug-likeness (QED) is 0.604. The fraction of sp³-hybridized carbons (Fsp3) is 0.333. The smallest absolute Gasteiger partial charge is 0.434 e. The molecule has 0 fully saturated rings. The van der Waals surface area contributed by atoms with Gasteiger partial charge in [0.25, 0.3) is 0 Å². The van der Waals surface area contributed by atoms with Gasteiger partial charge in [-0.25, -0.2) is 4.79 Å². The summed E-state index contributed by atoms with van der Waals surface area (Å²) in [5.41, 5.74) is 0.369. The van der Waals surface area contributed by atoms with Crippen molar-refractivity contribution < 1.29 is 23.6 Å². The Bertz CT molecular complexity index is 563. The minimum Gasteiger partial charge on any atom is -0.434 e. The Hall–Kier alpha value is -2.78. The van der Waals surface area contributed by atoms with E-state index in [4.69, 9.17) is 4.52 Å². The number of nitrogens with one attached hydrogen (secondary N) is 1. The average Bonchev–Trinajstić information content (AvgIpc) is 2.98. The van der Waals surface area contributed by atoms with Crippen molar-refractivity contribution in [2.45, 2.75) is 13.3 Å². The highest BCUT2D eigenvalue weighted by Crippen LogP contribution is 2.10. The van der Waals surface area contributed by atoms with E-state index in [1.165, 1.54) is 6.20 Å². The molecule has 0 aliphatic carbocycles. The molecule has 0 radical (unpaired) electrons. The highest BCUT2D eigenvalue weighted by Gasteiger charge is 2.17. The maximum atomic E-state index is 11.3. The lowest BCUT2D eigenvalue weighted by Crippen LogP contribution is -2.15. The van der Waals surface area contributed by atoms with Gasteiger partial charge in [-0.15, -0.1) is 0 Å². The number of ether oxygens (including phenoxy) is 2. The molecule has 0 aliphatic rings. The van der Waals surface area contributed by atoms with Gasteiger partial charge in [-0.3, -0.25) is 4.79 Å². The molecule has 0 unspecified atom stereocenters. The number of nitrogens with zero attached hydrogens (tertiary/aromatic N) is 4. The lowest BCUT2D eigenvalue weighted by molar-refractivity contribution is -0.139. The maximum Gasteiger partial charge on any atom is 0.516 e. The van der Waals surface area contributed by atoms with Crippen molar-refractivity contribution >= 4 is 12.1 Å². The molecule has 100 valence electrons. The van der Waals surface area contributed by atoms with Gasteiger partial charge >= 0.3 is 12.1 Å². The number of hydrogen-bond acceptors (Lipinski definition) is 9. The molecule has 19 heavy (non-hydrogen) atoms. The Morgan fingerprint density at radius 1 is 1.47 bits per heavy atom. The second-order valence-electron chi connectivity index (χ2n) is 3.20. The van der Waals surface area contributed by atoms with E-state index in [1.807, 2.05) is 0 Å². The standard InChI is InChI=1S/C9H9N5O5/c1-2-17-9(16)18-7(15)3-6-11-8(13-19-6)5-4-10-14-12-5/h4H,2-3H2,1H3,(H,10,12,14). The molecule has 10 nitrogen and oxygen atoms in total. The van der Waals surface area contributed by atoms with Gasteiger partial charge in [0.15, 0.2) is 5.69 Å². The third kappa shape index (κ3) is 3.34. The largest absolute Gasteiger partial charge is 0.516 e. The first-order valence-electron chi connectivity index (χ1n) is 5.25. The molecule has 0 spiro atoms. The van der Waals surface area contributed by atoms with Gasteiger partial charge in [0.2, 0.25) is 11.7 Å². The summed E-state index contributed by atoms with van der Waals surface area (Å²) < 4.78 is 13.6. The van der Waals surface area contributed by atoms with Crippen molar-refractivity contribution in [3.63, 3.8) is 0 Å². The predicted molar refractivity (Wildman–Crippen MR) is 56.5 cm³/mol. The van der Waals surface area contributed by atoms with E-state index >= 15 is 0 Å². The number of esters is 1. The number of hydrogen-bond donors (Lipinski definition) is 1. The zero-order valence-electron chi connectivity index (χ0n) is 9.82. The van der Waals surface area contributed by atoms with Crippen molar-refractivity contribution in [2.24, 2.45) is 0 Å². The van der Waals surface area contributed by atoms with E-state index in [1.54, 1.807) is 6.92 Å². The van der Waals surface area contributed by atoms with E-state index in [0.29, 0.717) is 5.69 Å². The Balaban J connectivity index is 1.93. The zero-order chi connectivity index (χ0) is 13.7. The monoisotopic (exact) mass is 267 g/mol. The molecular weight excluding hydrogens is 258 g/mol. The van der Waals surface area contributed by atoms with Crippen molar-refractivity contribution in [3.05, 3.63) is 12.1 Å². The van der Waals surface area contributed by atoms with Crippen LogP contribution in [0.5, 0.6) is 0 Å². The Labute approximate surface area is 106 Å². The third-order valence-corrected chi connectivity index (χ3v) is 1.87. The Morgan fingerprint density at radius 2 is 2.32 bits per heavy atom. The van der Waals surface area contributed by atoms with E-state index < -0.39 is 12.1 Å². The summed E-state index contributed by atoms with van der Waals surface area (Å²) in [6.07, 6.45) is -0.0152. The van der Waals surface area contributed by atoms with Crippen LogP contribution in [-0.2, 0) is 20.7 Å². The van der Waals surface area contributed by atoms with Crippen molar-refractivity contribution in [3.8, 4) is 11.5 Å². The summed E-state index contributed by atoms with van der Waals surface area (Å²) in [4.78, 5) is 26.1. The van der Waals surface area contributed by atoms with E-state index in [2.05, 4.69) is 35.0 Å². The first kappa shape index (κ1) is 12.7. The van der Waals surface area contributed by atoms with Crippen LogP contribution in [0.2, 0.25) is 0 Å². The summed E-state index contributed by atoms with van der Waals surface area (Å²) in [5, 5.41) is 13.3. The second-order valence-corrected chi connectivity index (χ2v) is 3.20. The molecule has 2 aromatic rings. The maximum absolute atomic E-state index is 11.3. The van der Waals surface area contributed by atoms with Gasteiger partial charge in [-0.2, -0.15) is 20.4 Å². The van der Waals surface area contributed by atoms with E-state index in [-0.39, 0.29) is 24.7 Å². The summed E-state index contributed by atoms with van der Waals surface area (Å²) in [6.45, 7) is 1.71. The number of rotatable bonds is 4. The Kier molecular flexibility index (Phi) is 3.81. The summed E-state index contributed by atoms with van der Waals surface area (Å²) in [6, 6.07) is 0. The number of carbonyl (C=O) groups is 2. The van der Waals surface area contributed by atoms with E-state index in [9.17, 15) is 9.59 Å². The first-order valence-corrected chi connectivity index (χ1v) is 5.25. The molecule has 1 N–H and O–H groups in total. The molecule has 2 heterocycles. The minimum atomic E-state index is -1.07.